The van der Waals surface area contributed by atoms with Crippen LogP contribution in [-0.2, 0) is 13.0 Å². The molecule has 2 rings (SSSR count). The van der Waals surface area contributed by atoms with Crippen LogP contribution >= 0.6 is 22.9 Å². The normalized spacial score (nSPS) is 10.7. The van der Waals surface area contributed by atoms with Gasteiger partial charge < -0.3 is 5.32 Å². The molecule has 0 bridgehead atoms. The molecule has 2 aromatic rings. The largest absolute Gasteiger partial charge is 0.311 e. The number of hydrogen-bond donors (Lipinski definition) is 1. The van der Waals surface area contributed by atoms with Crippen molar-refractivity contribution in [3.63, 3.8) is 0 Å². The van der Waals surface area contributed by atoms with Crippen LogP contribution in [0.2, 0.25) is 0 Å². The maximum Gasteiger partial charge on any atom is 0.0940 e. The second kappa shape index (κ2) is 5.29. The first-order chi connectivity index (χ1) is 7.34. The number of thiazole rings is 1. The summed E-state index contributed by atoms with van der Waals surface area (Å²) in [4.78, 5) is 4.40. The molecule has 4 nitrogen and oxygen atoms in total. The van der Waals surface area contributed by atoms with Gasteiger partial charge in [-0.3, -0.25) is 0 Å². The van der Waals surface area contributed by atoms with Crippen molar-refractivity contribution in [1.82, 2.24) is 19.9 Å². The van der Waals surface area contributed by atoms with Crippen molar-refractivity contribution in [2.45, 2.75) is 19.9 Å². The van der Waals surface area contributed by atoms with Gasteiger partial charge in [0.2, 0.25) is 0 Å². The van der Waals surface area contributed by atoms with Crippen LogP contribution in [0.5, 0.6) is 0 Å². The van der Waals surface area contributed by atoms with Gasteiger partial charge in [0.15, 0.2) is 0 Å². The molecule has 2 aromatic heterocycles. The third-order valence-corrected chi connectivity index (χ3v) is 3.47. The first-order valence-corrected chi connectivity index (χ1v) is 6.44. The average molecular weight is 240 g/mol. The lowest BCUT2D eigenvalue weighted by Crippen LogP contribution is -2.16. The molecule has 0 saturated carbocycles. The Morgan fingerprint density at radius 2 is 2.33 bits per heavy atom. The fraction of sp³-hybridized carbons (Fsp3) is 0.444. The summed E-state index contributed by atoms with van der Waals surface area (Å²) in [5.74, 6) is 0. The van der Waals surface area contributed by atoms with E-state index in [2.05, 4.69) is 25.3 Å². The Bertz CT molecular complexity index is 396. The summed E-state index contributed by atoms with van der Waals surface area (Å²) in [6.45, 7) is 3.75. The van der Waals surface area contributed by atoms with Gasteiger partial charge in [0, 0.05) is 36.0 Å². The number of aromatic nitrogens is 3. The minimum atomic E-state index is 0.793. The molecule has 6 heteroatoms. The molecule has 0 saturated heterocycles. The highest BCUT2D eigenvalue weighted by Crippen LogP contribution is 2.08. The molecule has 0 aliphatic carbocycles. The van der Waals surface area contributed by atoms with E-state index in [4.69, 9.17) is 0 Å². The van der Waals surface area contributed by atoms with Crippen LogP contribution in [0, 0.1) is 6.92 Å². The second-order valence-electron chi connectivity index (χ2n) is 3.21. The number of nitrogens with zero attached hydrogens (tertiary/aromatic N) is 3. The lowest BCUT2D eigenvalue weighted by Gasteiger charge is -1.99. The van der Waals surface area contributed by atoms with Crippen molar-refractivity contribution in [3.8, 4) is 0 Å². The molecule has 0 unspecified atom stereocenters. The maximum atomic E-state index is 4.40. The minimum absolute atomic E-state index is 0.793. The summed E-state index contributed by atoms with van der Waals surface area (Å²) >= 11 is 3.11. The monoisotopic (exact) mass is 240 g/mol. The third kappa shape index (κ3) is 3.33. The van der Waals surface area contributed by atoms with Gasteiger partial charge in [-0.15, -0.1) is 16.4 Å². The fourth-order valence-electron chi connectivity index (χ4n) is 1.19. The van der Waals surface area contributed by atoms with Crippen LogP contribution in [0.25, 0.3) is 0 Å². The Morgan fingerprint density at radius 3 is 3.00 bits per heavy atom. The van der Waals surface area contributed by atoms with Crippen LogP contribution < -0.4 is 5.32 Å². The molecule has 0 spiro atoms. The second-order valence-corrected chi connectivity index (χ2v) is 4.76. The highest BCUT2D eigenvalue weighted by atomic mass is 32.1. The Morgan fingerprint density at radius 1 is 1.40 bits per heavy atom. The molecule has 0 fully saturated rings. The van der Waals surface area contributed by atoms with E-state index in [9.17, 15) is 0 Å². The molecule has 0 radical (unpaired) electrons. The average Bonchev–Trinajstić information content (AvgIpc) is 2.84. The van der Waals surface area contributed by atoms with Crippen LogP contribution in [0.4, 0.5) is 0 Å². The van der Waals surface area contributed by atoms with E-state index >= 15 is 0 Å². The highest BCUT2D eigenvalue weighted by molar-refractivity contribution is 7.09. The molecule has 80 valence electrons. The van der Waals surface area contributed by atoms with Crippen LogP contribution in [-0.4, -0.2) is 21.1 Å². The SMILES string of the molecule is Cc1csc(CCNCc2csnn2)n1. The fourth-order valence-corrected chi connectivity index (χ4v) is 2.42. The molecule has 0 aliphatic rings. The first-order valence-electron chi connectivity index (χ1n) is 4.72. The van der Waals surface area contributed by atoms with Crippen LogP contribution in [0.15, 0.2) is 10.8 Å². The molecule has 1 N–H and O–H groups in total. The third-order valence-electron chi connectivity index (χ3n) is 1.89. The zero-order valence-corrected chi connectivity index (χ0v) is 10.1. The van der Waals surface area contributed by atoms with Gasteiger partial charge in [0.1, 0.15) is 0 Å². The van der Waals surface area contributed by atoms with E-state index in [0.717, 1.165) is 30.9 Å². The van der Waals surface area contributed by atoms with Crippen LogP contribution in [0.1, 0.15) is 16.4 Å². The lowest BCUT2D eigenvalue weighted by molar-refractivity contribution is 0.671. The molecule has 0 amide bonds. The molecule has 0 atom stereocenters. The van der Waals surface area contributed by atoms with Crippen molar-refractivity contribution >= 4 is 22.9 Å². The van der Waals surface area contributed by atoms with E-state index in [-0.39, 0.29) is 0 Å². The number of aryl methyl sites for hydroxylation is 1. The number of rotatable bonds is 5. The Balaban J connectivity index is 1.67. The van der Waals surface area contributed by atoms with Gasteiger partial charge in [-0.1, -0.05) is 4.49 Å². The maximum absolute atomic E-state index is 4.40. The summed E-state index contributed by atoms with van der Waals surface area (Å²) in [6.07, 6.45) is 0.982. The van der Waals surface area contributed by atoms with Gasteiger partial charge in [-0.2, -0.15) is 0 Å². The smallest absolute Gasteiger partial charge is 0.0940 e. The van der Waals surface area contributed by atoms with E-state index < -0.39 is 0 Å². The van der Waals surface area contributed by atoms with E-state index in [1.807, 2.05) is 12.3 Å². The van der Waals surface area contributed by atoms with Crippen molar-refractivity contribution in [3.05, 3.63) is 27.2 Å². The van der Waals surface area contributed by atoms with Gasteiger partial charge >= 0.3 is 0 Å². The van der Waals surface area contributed by atoms with Gasteiger partial charge in [0.05, 0.1) is 10.7 Å². The van der Waals surface area contributed by atoms with Crippen molar-refractivity contribution in [2.24, 2.45) is 0 Å². The molecule has 15 heavy (non-hydrogen) atoms. The zero-order valence-electron chi connectivity index (χ0n) is 8.43. The van der Waals surface area contributed by atoms with E-state index in [1.165, 1.54) is 16.5 Å². The van der Waals surface area contributed by atoms with Crippen molar-refractivity contribution in [2.75, 3.05) is 6.54 Å². The van der Waals surface area contributed by atoms with E-state index in [0.29, 0.717) is 0 Å². The Labute approximate surface area is 96.5 Å². The topological polar surface area (TPSA) is 50.7 Å². The highest BCUT2D eigenvalue weighted by Gasteiger charge is 1.99. The predicted octanol–water partition coefficient (Wildman–Crippen LogP) is 1.64. The summed E-state index contributed by atoms with van der Waals surface area (Å²) in [6, 6.07) is 0. The molecule has 0 aliphatic heterocycles. The summed E-state index contributed by atoms with van der Waals surface area (Å²) in [7, 11) is 0. The minimum Gasteiger partial charge on any atom is -0.311 e. The first kappa shape index (κ1) is 10.7. The molecular formula is C9H12N4S2. The van der Waals surface area contributed by atoms with Crippen LogP contribution in [0.3, 0.4) is 0 Å². The predicted molar refractivity (Wildman–Crippen MR) is 62.2 cm³/mol. The van der Waals surface area contributed by atoms with Crippen molar-refractivity contribution in [1.29, 1.82) is 0 Å². The standard InChI is InChI=1S/C9H12N4S2/c1-7-5-14-9(11-7)2-3-10-4-8-6-15-13-12-8/h5-6,10H,2-4H2,1H3. The Kier molecular flexibility index (Phi) is 3.76. The molecule has 2 heterocycles. The Hall–Kier alpha value is -0.850. The number of hydrogen-bond acceptors (Lipinski definition) is 6. The van der Waals surface area contributed by atoms with Gasteiger partial charge in [-0.05, 0) is 18.5 Å². The molecule has 0 aromatic carbocycles. The summed E-state index contributed by atoms with van der Waals surface area (Å²) in [5.41, 5.74) is 2.12. The molecular weight excluding hydrogens is 228 g/mol. The van der Waals surface area contributed by atoms with Gasteiger partial charge in [-0.25, -0.2) is 4.98 Å². The quantitative estimate of drug-likeness (QED) is 0.807. The van der Waals surface area contributed by atoms with E-state index in [1.54, 1.807) is 11.3 Å². The van der Waals surface area contributed by atoms with Crippen molar-refractivity contribution < 1.29 is 0 Å². The number of nitrogens with one attached hydrogen (secondary N) is 1. The summed E-state index contributed by atoms with van der Waals surface area (Å²) in [5, 5.41) is 12.5. The lowest BCUT2D eigenvalue weighted by atomic mass is 10.4. The van der Waals surface area contributed by atoms with Gasteiger partial charge in [0.25, 0.3) is 0 Å². The zero-order chi connectivity index (χ0) is 10.5. The summed E-state index contributed by atoms with van der Waals surface area (Å²) < 4.78 is 3.80.